The monoisotopic (exact) mass is 272 g/mol. The minimum absolute atomic E-state index is 0.443. The smallest absolute Gasteiger partial charge is 0.320 e. The fraction of sp³-hybridized carbons (Fsp3) is 0.375. The summed E-state index contributed by atoms with van der Waals surface area (Å²) in [5, 5.41) is 3.39. The predicted molar refractivity (Wildman–Crippen MR) is 79.0 cm³/mol. The van der Waals surface area contributed by atoms with Gasteiger partial charge in [-0.15, -0.1) is 0 Å². The number of rotatable bonds is 3. The molecule has 1 atom stereocenters. The van der Waals surface area contributed by atoms with E-state index >= 15 is 0 Å². The highest BCUT2D eigenvalue weighted by atomic mass is 16.7. The molecule has 1 unspecified atom stereocenters. The Hall–Kier alpha value is -1.62. The van der Waals surface area contributed by atoms with Gasteiger partial charge in [0, 0.05) is 38.1 Å². The van der Waals surface area contributed by atoms with Crippen LogP contribution in [0.1, 0.15) is 6.42 Å². The molecule has 3 rings (SSSR count). The van der Waals surface area contributed by atoms with Crippen molar-refractivity contribution in [1.82, 2.24) is 5.32 Å². The third-order valence-corrected chi connectivity index (χ3v) is 3.93. The molecule has 20 heavy (non-hydrogen) atoms. The number of fused-ring (bicyclic) bond motifs is 1. The van der Waals surface area contributed by atoms with E-state index in [0.717, 1.165) is 18.7 Å². The highest BCUT2D eigenvalue weighted by Gasteiger charge is 2.45. The molecular formula is C16H20N2O2. The van der Waals surface area contributed by atoms with Crippen LogP contribution < -0.4 is 10.2 Å². The quantitative estimate of drug-likeness (QED) is 0.857. The summed E-state index contributed by atoms with van der Waals surface area (Å²) in [6.45, 7) is 0.835. The Morgan fingerprint density at radius 3 is 2.65 bits per heavy atom. The van der Waals surface area contributed by atoms with E-state index in [0.29, 0.717) is 5.92 Å². The summed E-state index contributed by atoms with van der Waals surface area (Å²) in [7, 11) is 3.32. The molecule has 1 fully saturated rings. The molecule has 1 aromatic carbocycles. The third-order valence-electron chi connectivity index (χ3n) is 3.93. The number of para-hydroxylation sites is 1. The summed E-state index contributed by atoms with van der Waals surface area (Å²) >= 11 is 0. The fourth-order valence-electron chi connectivity index (χ4n) is 2.92. The van der Waals surface area contributed by atoms with E-state index in [-0.39, 0.29) is 0 Å². The topological polar surface area (TPSA) is 33.7 Å². The van der Waals surface area contributed by atoms with Crippen molar-refractivity contribution in [2.75, 3.05) is 25.7 Å². The summed E-state index contributed by atoms with van der Waals surface area (Å²) in [4.78, 5) is 2.10. The Kier molecular flexibility index (Phi) is 3.61. The Morgan fingerprint density at radius 1 is 1.20 bits per heavy atom. The van der Waals surface area contributed by atoms with Crippen molar-refractivity contribution in [2.24, 2.45) is 5.92 Å². The molecule has 0 amide bonds. The van der Waals surface area contributed by atoms with Crippen LogP contribution in [0.5, 0.6) is 0 Å². The zero-order valence-corrected chi connectivity index (χ0v) is 11.9. The first-order valence-corrected chi connectivity index (χ1v) is 6.88. The zero-order valence-electron chi connectivity index (χ0n) is 11.9. The molecule has 0 saturated carbocycles. The van der Waals surface area contributed by atoms with Gasteiger partial charge in [-0.1, -0.05) is 30.4 Å². The van der Waals surface area contributed by atoms with Gasteiger partial charge in [0.25, 0.3) is 0 Å². The van der Waals surface area contributed by atoms with Crippen molar-refractivity contribution < 1.29 is 9.47 Å². The first-order valence-electron chi connectivity index (χ1n) is 6.88. The summed E-state index contributed by atoms with van der Waals surface area (Å²) in [6.07, 6.45) is 7.48. The SMILES string of the molecule is COC1(OC)NCC2CC=CC=C2N1c1ccccc1. The van der Waals surface area contributed by atoms with E-state index in [2.05, 4.69) is 40.6 Å². The molecule has 0 radical (unpaired) electrons. The molecule has 4 heteroatoms. The van der Waals surface area contributed by atoms with Crippen molar-refractivity contribution >= 4 is 5.69 Å². The molecule has 1 saturated heterocycles. The molecule has 106 valence electrons. The molecule has 0 bridgehead atoms. The van der Waals surface area contributed by atoms with Gasteiger partial charge in [-0.25, -0.2) is 5.32 Å². The van der Waals surface area contributed by atoms with Gasteiger partial charge in [0.15, 0.2) is 0 Å². The number of anilines is 1. The predicted octanol–water partition coefficient (Wildman–Crippen LogP) is 2.46. The van der Waals surface area contributed by atoms with E-state index in [9.17, 15) is 0 Å². The molecule has 0 spiro atoms. The van der Waals surface area contributed by atoms with Gasteiger partial charge < -0.3 is 9.47 Å². The normalized spacial score (nSPS) is 24.2. The average Bonchev–Trinajstić information content (AvgIpc) is 2.54. The van der Waals surface area contributed by atoms with Crippen molar-refractivity contribution in [3.8, 4) is 0 Å². The van der Waals surface area contributed by atoms with Gasteiger partial charge in [0.05, 0.1) is 0 Å². The van der Waals surface area contributed by atoms with E-state index < -0.39 is 6.03 Å². The Bertz CT molecular complexity index is 521. The maximum Gasteiger partial charge on any atom is 0.320 e. The third kappa shape index (κ3) is 2.06. The summed E-state index contributed by atoms with van der Waals surface area (Å²) in [5.74, 6) is 0.443. The number of nitrogens with zero attached hydrogens (tertiary/aromatic N) is 1. The standard InChI is InChI=1S/C16H20N2O2/c1-19-16(20-2)17-12-13-8-6-7-11-15(13)18(16)14-9-4-3-5-10-14/h3-7,9-11,13,17H,8,12H2,1-2H3. The van der Waals surface area contributed by atoms with Crippen LogP contribution in [0, 0.1) is 5.92 Å². The molecule has 1 aliphatic carbocycles. The molecular weight excluding hydrogens is 252 g/mol. The summed E-state index contributed by atoms with van der Waals surface area (Å²) < 4.78 is 11.3. The van der Waals surface area contributed by atoms with Crippen molar-refractivity contribution in [3.05, 3.63) is 54.3 Å². The molecule has 1 N–H and O–H groups in total. The van der Waals surface area contributed by atoms with E-state index in [1.54, 1.807) is 14.2 Å². The summed E-state index contributed by atoms with van der Waals surface area (Å²) in [5.41, 5.74) is 2.27. The van der Waals surface area contributed by atoms with Crippen LogP contribution >= 0.6 is 0 Å². The van der Waals surface area contributed by atoms with Crippen LogP contribution in [-0.2, 0) is 9.47 Å². The summed E-state index contributed by atoms with van der Waals surface area (Å²) in [6, 6.07) is 9.23. The second kappa shape index (κ2) is 5.40. The van der Waals surface area contributed by atoms with Gasteiger partial charge in [-0.05, 0) is 24.6 Å². The molecule has 1 heterocycles. The zero-order chi connectivity index (χ0) is 14.0. The first-order chi connectivity index (χ1) is 9.80. The number of allylic oxidation sites excluding steroid dienone is 3. The lowest BCUT2D eigenvalue weighted by molar-refractivity contribution is -0.231. The van der Waals surface area contributed by atoms with Crippen LogP contribution in [0.2, 0.25) is 0 Å². The van der Waals surface area contributed by atoms with Gasteiger partial charge in [0.1, 0.15) is 0 Å². The lowest BCUT2D eigenvalue weighted by Crippen LogP contribution is -2.67. The molecule has 1 aliphatic heterocycles. The number of ether oxygens (including phenoxy) is 2. The van der Waals surface area contributed by atoms with E-state index in [1.165, 1.54) is 5.70 Å². The van der Waals surface area contributed by atoms with Crippen LogP contribution in [0.25, 0.3) is 0 Å². The maximum atomic E-state index is 5.67. The Balaban J connectivity index is 2.09. The van der Waals surface area contributed by atoms with Gasteiger partial charge >= 0.3 is 6.03 Å². The van der Waals surface area contributed by atoms with Crippen molar-refractivity contribution in [3.63, 3.8) is 0 Å². The first kappa shape index (κ1) is 13.4. The highest BCUT2D eigenvalue weighted by Crippen LogP contribution is 2.37. The lowest BCUT2D eigenvalue weighted by atomic mass is 9.93. The molecule has 4 nitrogen and oxygen atoms in total. The number of benzene rings is 1. The fourth-order valence-corrected chi connectivity index (χ4v) is 2.92. The van der Waals surface area contributed by atoms with E-state index in [4.69, 9.17) is 9.47 Å². The number of hydrogen-bond acceptors (Lipinski definition) is 4. The second-order valence-corrected chi connectivity index (χ2v) is 4.99. The van der Waals surface area contributed by atoms with Crippen LogP contribution in [0.4, 0.5) is 5.69 Å². The van der Waals surface area contributed by atoms with Crippen LogP contribution in [-0.4, -0.2) is 26.8 Å². The lowest BCUT2D eigenvalue weighted by Gasteiger charge is -2.50. The largest absolute Gasteiger partial charge is 0.323 e. The van der Waals surface area contributed by atoms with Gasteiger partial charge in [-0.3, -0.25) is 4.90 Å². The second-order valence-electron chi connectivity index (χ2n) is 4.99. The van der Waals surface area contributed by atoms with Crippen LogP contribution in [0.15, 0.2) is 54.3 Å². The Labute approximate surface area is 119 Å². The Morgan fingerprint density at radius 2 is 1.95 bits per heavy atom. The number of hydrogen-bond donors (Lipinski definition) is 1. The molecule has 0 aromatic heterocycles. The highest BCUT2D eigenvalue weighted by molar-refractivity contribution is 5.56. The number of nitrogens with one attached hydrogen (secondary N) is 1. The van der Waals surface area contributed by atoms with Gasteiger partial charge in [0.2, 0.25) is 0 Å². The molecule has 1 aromatic rings. The minimum atomic E-state index is -0.950. The average molecular weight is 272 g/mol. The van der Waals surface area contributed by atoms with Crippen molar-refractivity contribution in [2.45, 2.75) is 12.5 Å². The van der Waals surface area contributed by atoms with Gasteiger partial charge in [-0.2, -0.15) is 0 Å². The van der Waals surface area contributed by atoms with Crippen LogP contribution in [0.3, 0.4) is 0 Å². The van der Waals surface area contributed by atoms with Crippen molar-refractivity contribution in [1.29, 1.82) is 0 Å². The molecule has 2 aliphatic rings. The minimum Gasteiger partial charge on any atom is -0.323 e. The number of methoxy groups -OCH3 is 2. The van der Waals surface area contributed by atoms with E-state index in [1.807, 2.05) is 18.2 Å². The maximum absolute atomic E-state index is 5.67.